The summed E-state index contributed by atoms with van der Waals surface area (Å²) in [6, 6.07) is 18.8. The van der Waals surface area contributed by atoms with E-state index in [1.807, 2.05) is 86.3 Å². The number of anilines is 1. The molecular weight excluding hydrogens is 496 g/mol. The van der Waals surface area contributed by atoms with Crippen molar-refractivity contribution in [3.05, 3.63) is 77.4 Å². The number of nitrogens with one attached hydrogen (secondary N) is 1. The summed E-state index contributed by atoms with van der Waals surface area (Å²) in [5.41, 5.74) is 3.25. The molecule has 208 valence electrons. The molecule has 8 heteroatoms. The van der Waals surface area contributed by atoms with Gasteiger partial charge in [-0.3, -0.25) is 4.90 Å². The molecule has 4 rings (SSSR count). The Labute approximate surface area is 230 Å². The maximum absolute atomic E-state index is 13.9. The van der Waals surface area contributed by atoms with E-state index < -0.39 is 11.6 Å². The van der Waals surface area contributed by atoms with Crippen LogP contribution >= 0.6 is 0 Å². The third kappa shape index (κ3) is 6.33. The summed E-state index contributed by atoms with van der Waals surface area (Å²) < 4.78 is 27.9. The van der Waals surface area contributed by atoms with E-state index in [-0.39, 0.29) is 12.1 Å². The third-order valence-electron chi connectivity index (χ3n) is 6.73. The molecule has 8 nitrogen and oxygen atoms in total. The summed E-state index contributed by atoms with van der Waals surface area (Å²) >= 11 is 0. The molecule has 0 unspecified atom stereocenters. The normalized spacial score (nSPS) is 16.6. The highest BCUT2D eigenvalue weighted by molar-refractivity contribution is 5.72. The smallest absolute Gasteiger partial charge is 0.411 e. The summed E-state index contributed by atoms with van der Waals surface area (Å²) in [5, 5.41) is 3.50. The SMILES string of the molecule is COc1ccc(NC[C@@H]2Cc3cc(OC)c(OC)cc3[C@H](c3ccc(OC)cc3)N2C(=O)OC(C)(C)C)cc1. The molecule has 0 bridgehead atoms. The lowest BCUT2D eigenvalue weighted by Crippen LogP contribution is -2.52. The fourth-order valence-corrected chi connectivity index (χ4v) is 4.89. The summed E-state index contributed by atoms with van der Waals surface area (Å²) in [4.78, 5) is 15.7. The maximum atomic E-state index is 13.9. The van der Waals surface area contributed by atoms with Crippen molar-refractivity contribution in [3.8, 4) is 23.0 Å². The van der Waals surface area contributed by atoms with E-state index in [9.17, 15) is 4.79 Å². The maximum Gasteiger partial charge on any atom is 0.411 e. The zero-order valence-electron chi connectivity index (χ0n) is 23.7. The van der Waals surface area contributed by atoms with Crippen molar-refractivity contribution in [2.45, 2.75) is 44.9 Å². The Morgan fingerprint density at radius 3 is 1.95 bits per heavy atom. The lowest BCUT2D eigenvalue weighted by molar-refractivity contribution is 0.00740. The fourth-order valence-electron chi connectivity index (χ4n) is 4.89. The minimum absolute atomic E-state index is 0.223. The molecule has 0 aliphatic carbocycles. The van der Waals surface area contributed by atoms with Crippen molar-refractivity contribution in [1.29, 1.82) is 0 Å². The first-order valence-corrected chi connectivity index (χ1v) is 13.0. The standard InChI is InChI=1S/C31H38N2O6/c1-31(2,3)39-30(34)33-23(19-32-22-10-14-25(36-5)15-11-22)16-21-17-27(37-6)28(38-7)18-26(21)29(33)20-8-12-24(35-4)13-9-20/h8-15,17-18,23,29,32H,16,19H2,1-7H3/t23-,29-/m0/s1. The highest BCUT2D eigenvalue weighted by atomic mass is 16.6. The van der Waals surface area contributed by atoms with E-state index in [0.29, 0.717) is 24.5 Å². The first-order valence-electron chi connectivity index (χ1n) is 13.0. The number of hydrogen-bond donors (Lipinski definition) is 1. The van der Waals surface area contributed by atoms with Crippen molar-refractivity contribution in [3.63, 3.8) is 0 Å². The van der Waals surface area contributed by atoms with Crippen LogP contribution in [0.2, 0.25) is 0 Å². The second-order valence-corrected chi connectivity index (χ2v) is 10.4. The van der Waals surface area contributed by atoms with Gasteiger partial charge in [0.25, 0.3) is 0 Å². The van der Waals surface area contributed by atoms with Crippen molar-refractivity contribution in [2.24, 2.45) is 0 Å². The number of benzene rings is 3. The summed E-state index contributed by atoms with van der Waals surface area (Å²) in [7, 11) is 6.52. The molecule has 0 saturated carbocycles. The number of rotatable bonds is 8. The van der Waals surface area contributed by atoms with Gasteiger partial charge in [0.1, 0.15) is 17.1 Å². The molecule has 1 heterocycles. The minimum Gasteiger partial charge on any atom is -0.497 e. The van der Waals surface area contributed by atoms with Crippen LogP contribution in [0.15, 0.2) is 60.7 Å². The number of methoxy groups -OCH3 is 4. The minimum atomic E-state index is -0.659. The third-order valence-corrected chi connectivity index (χ3v) is 6.73. The van der Waals surface area contributed by atoms with E-state index in [4.69, 9.17) is 23.7 Å². The van der Waals surface area contributed by atoms with Crippen LogP contribution in [0.25, 0.3) is 0 Å². The molecule has 1 amide bonds. The molecule has 0 radical (unpaired) electrons. The summed E-state index contributed by atoms with van der Waals surface area (Å²) in [5.74, 6) is 2.78. The van der Waals surface area contributed by atoms with Gasteiger partial charge in [0.05, 0.1) is 40.5 Å². The van der Waals surface area contributed by atoms with Crippen LogP contribution in [0.5, 0.6) is 23.0 Å². The Morgan fingerprint density at radius 2 is 1.41 bits per heavy atom. The molecule has 0 fully saturated rings. The van der Waals surface area contributed by atoms with Crippen LogP contribution < -0.4 is 24.3 Å². The number of fused-ring (bicyclic) bond motifs is 1. The predicted molar refractivity (Wildman–Crippen MR) is 151 cm³/mol. The van der Waals surface area contributed by atoms with E-state index in [2.05, 4.69) is 5.32 Å². The Kier molecular flexibility index (Phi) is 8.43. The largest absolute Gasteiger partial charge is 0.497 e. The van der Waals surface area contributed by atoms with Crippen molar-refractivity contribution >= 4 is 11.8 Å². The predicted octanol–water partition coefficient (Wildman–Crippen LogP) is 6.08. The van der Waals surface area contributed by atoms with Gasteiger partial charge in [-0.05, 0) is 92.4 Å². The number of carbonyl (C=O) groups excluding carboxylic acids is 1. The average molecular weight is 535 g/mol. The Morgan fingerprint density at radius 1 is 0.846 bits per heavy atom. The van der Waals surface area contributed by atoms with E-state index in [1.165, 1.54) is 0 Å². The molecule has 3 aromatic carbocycles. The Balaban J connectivity index is 1.81. The molecule has 39 heavy (non-hydrogen) atoms. The number of amides is 1. The Bertz CT molecular complexity index is 1270. The zero-order valence-corrected chi connectivity index (χ0v) is 23.7. The van der Waals surface area contributed by atoms with Crippen LogP contribution in [0, 0.1) is 0 Å². The van der Waals surface area contributed by atoms with Crippen LogP contribution in [0.4, 0.5) is 10.5 Å². The number of ether oxygens (including phenoxy) is 5. The average Bonchev–Trinajstić information content (AvgIpc) is 2.93. The molecule has 1 aliphatic rings. The molecule has 2 atom stereocenters. The summed E-state index contributed by atoms with van der Waals surface area (Å²) in [6.07, 6.45) is 0.218. The zero-order chi connectivity index (χ0) is 28.2. The highest BCUT2D eigenvalue weighted by Crippen LogP contribution is 2.44. The molecule has 0 spiro atoms. The van der Waals surface area contributed by atoms with Crippen LogP contribution in [-0.4, -0.2) is 57.6 Å². The van der Waals surface area contributed by atoms with E-state index >= 15 is 0 Å². The topological polar surface area (TPSA) is 78.5 Å². The molecule has 0 saturated heterocycles. The first kappa shape index (κ1) is 28.0. The lowest BCUT2D eigenvalue weighted by atomic mass is 9.84. The van der Waals surface area contributed by atoms with E-state index in [1.54, 1.807) is 28.4 Å². The van der Waals surface area contributed by atoms with Gasteiger partial charge < -0.3 is 29.0 Å². The van der Waals surface area contributed by atoms with Gasteiger partial charge in [-0.2, -0.15) is 0 Å². The van der Waals surface area contributed by atoms with E-state index in [0.717, 1.165) is 33.9 Å². The first-order chi connectivity index (χ1) is 18.7. The monoisotopic (exact) mass is 534 g/mol. The van der Waals surface area contributed by atoms with Gasteiger partial charge in [-0.25, -0.2) is 4.79 Å². The highest BCUT2D eigenvalue weighted by Gasteiger charge is 2.41. The van der Waals surface area contributed by atoms with Crippen molar-refractivity contribution in [1.82, 2.24) is 4.90 Å². The van der Waals surface area contributed by atoms with Crippen molar-refractivity contribution < 1.29 is 28.5 Å². The molecule has 1 aliphatic heterocycles. The molecular formula is C31H38N2O6. The van der Waals surface area contributed by atoms with Crippen LogP contribution in [0.3, 0.4) is 0 Å². The van der Waals surface area contributed by atoms with Crippen LogP contribution in [0.1, 0.15) is 43.5 Å². The molecule has 3 aromatic rings. The second kappa shape index (κ2) is 11.8. The van der Waals surface area contributed by atoms with Gasteiger partial charge in [0.15, 0.2) is 11.5 Å². The quantitative estimate of drug-likeness (QED) is 0.375. The molecule has 0 aromatic heterocycles. The van der Waals surface area contributed by atoms with Gasteiger partial charge in [-0.15, -0.1) is 0 Å². The second-order valence-electron chi connectivity index (χ2n) is 10.4. The van der Waals surface area contributed by atoms with Gasteiger partial charge in [0.2, 0.25) is 0 Å². The van der Waals surface area contributed by atoms with Crippen LogP contribution in [-0.2, 0) is 11.2 Å². The number of carbonyl (C=O) groups is 1. The number of hydrogen-bond acceptors (Lipinski definition) is 7. The summed E-state index contributed by atoms with van der Waals surface area (Å²) in [6.45, 7) is 6.14. The lowest BCUT2D eigenvalue weighted by Gasteiger charge is -2.44. The molecule has 1 N–H and O–H groups in total. The number of nitrogens with zero attached hydrogens (tertiary/aromatic N) is 1. The van der Waals surface area contributed by atoms with Gasteiger partial charge in [0, 0.05) is 12.2 Å². The van der Waals surface area contributed by atoms with Crippen molar-refractivity contribution in [2.75, 3.05) is 40.3 Å². The Hall–Kier alpha value is -4.07. The fraction of sp³-hybridized carbons (Fsp3) is 0.387. The van der Waals surface area contributed by atoms with Gasteiger partial charge >= 0.3 is 6.09 Å². The van der Waals surface area contributed by atoms with Gasteiger partial charge in [-0.1, -0.05) is 12.1 Å².